The highest BCUT2D eigenvalue weighted by Gasteiger charge is 2.45. The van der Waals surface area contributed by atoms with Crippen LogP contribution in [0.1, 0.15) is 27.2 Å². The predicted octanol–water partition coefficient (Wildman–Crippen LogP) is 0.979. The van der Waals surface area contributed by atoms with Crippen LogP contribution in [-0.4, -0.2) is 47.2 Å². The van der Waals surface area contributed by atoms with Gasteiger partial charge in [0.15, 0.2) is 0 Å². The zero-order chi connectivity index (χ0) is 13.4. The van der Waals surface area contributed by atoms with E-state index in [4.69, 9.17) is 9.84 Å². The minimum atomic E-state index is -0.786. The first kappa shape index (κ1) is 13.3. The van der Waals surface area contributed by atoms with Gasteiger partial charge in [0.2, 0.25) is 5.91 Å². The summed E-state index contributed by atoms with van der Waals surface area (Å²) >= 11 is 0. The lowest BCUT2D eigenvalue weighted by Crippen LogP contribution is -2.54. The fraction of sp³-hybridized carbons (Fsp3) is 0.846. The molecule has 0 aliphatic carbocycles. The normalized spacial score (nSPS) is 36.5. The van der Waals surface area contributed by atoms with Crippen LogP contribution >= 0.6 is 0 Å². The quantitative estimate of drug-likeness (QED) is 0.816. The average Bonchev–Trinajstić information content (AvgIpc) is 2.45. The summed E-state index contributed by atoms with van der Waals surface area (Å²) in [6.07, 6.45) is 0.234. The first-order valence-corrected chi connectivity index (χ1v) is 6.56. The van der Waals surface area contributed by atoms with Crippen molar-refractivity contribution in [3.63, 3.8) is 0 Å². The zero-order valence-electron chi connectivity index (χ0n) is 11.1. The smallest absolute Gasteiger partial charge is 0.303 e. The molecule has 2 aliphatic heterocycles. The first-order chi connectivity index (χ1) is 8.40. The molecule has 4 atom stereocenters. The van der Waals surface area contributed by atoms with Crippen molar-refractivity contribution in [3.8, 4) is 0 Å². The van der Waals surface area contributed by atoms with Gasteiger partial charge in [0, 0.05) is 19.0 Å². The van der Waals surface area contributed by atoms with E-state index in [-0.39, 0.29) is 42.3 Å². The molecule has 4 unspecified atom stereocenters. The van der Waals surface area contributed by atoms with Crippen LogP contribution in [0.3, 0.4) is 0 Å². The fourth-order valence-electron chi connectivity index (χ4n) is 3.03. The van der Waals surface area contributed by atoms with Gasteiger partial charge in [-0.15, -0.1) is 0 Å². The largest absolute Gasteiger partial charge is 0.481 e. The van der Waals surface area contributed by atoms with Gasteiger partial charge in [-0.3, -0.25) is 9.59 Å². The molecule has 0 aromatic rings. The van der Waals surface area contributed by atoms with Gasteiger partial charge < -0.3 is 14.7 Å². The Balaban J connectivity index is 1.88. The minimum Gasteiger partial charge on any atom is -0.481 e. The van der Waals surface area contributed by atoms with E-state index in [1.165, 1.54) is 0 Å². The second-order valence-corrected chi connectivity index (χ2v) is 5.64. The van der Waals surface area contributed by atoms with Gasteiger partial charge in [-0.1, -0.05) is 6.92 Å². The van der Waals surface area contributed by atoms with E-state index in [9.17, 15) is 9.59 Å². The number of carboxylic acid groups (broad SMARTS) is 1. The van der Waals surface area contributed by atoms with Crippen LogP contribution in [0.5, 0.6) is 0 Å². The molecule has 0 aromatic carbocycles. The summed E-state index contributed by atoms with van der Waals surface area (Å²) in [6.45, 7) is 7.14. The van der Waals surface area contributed by atoms with Crippen molar-refractivity contribution < 1.29 is 19.4 Å². The number of aliphatic carboxylic acids is 1. The Morgan fingerprint density at radius 2 is 1.83 bits per heavy atom. The van der Waals surface area contributed by atoms with E-state index in [1.807, 2.05) is 20.8 Å². The molecular weight excluding hydrogens is 234 g/mol. The zero-order valence-corrected chi connectivity index (χ0v) is 11.1. The molecule has 5 heteroatoms. The summed E-state index contributed by atoms with van der Waals surface area (Å²) in [5.74, 6) is -0.388. The summed E-state index contributed by atoms with van der Waals surface area (Å²) in [7, 11) is 0. The number of rotatable bonds is 3. The summed E-state index contributed by atoms with van der Waals surface area (Å²) < 4.78 is 5.68. The highest BCUT2D eigenvalue weighted by molar-refractivity contribution is 5.81. The number of hydrogen-bond acceptors (Lipinski definition) is 3. The van der Waals surface area contributed by atoms with Gasteiger partial charge in [-0.05, 0) is 19.8 Å². The van der Waals surface area contributed by atoms with Crippen LogP contribution in [0.15, 0.2) is 0 Å². The van der Waals surface area contributed by atoms with Crippen LogP contribution in [0.25, 0.3) is 0 Å². The molecule has 0 bridgehead atoms. The number of likely N-dealkylation sites (tertiary alicyclic amines) is 1. The van der Waals surface area contributed by atoms with Crippen molar-refractivity contribution in [2.45, 2.75) is 39.4 Å². The molecule has 102 valence electrons. The Labute approximate surface area is 107 Å². The summed E-state index contributed by atoms with van der Waals surface area (Å²) in [5, 5.41) is 8.68. The molecule has 2 heterocycles. The SMILES string of the molecule is CC1OC(C)C(C(=O)N2CC(CC(=O)O)C2)C1C. The molecule has 2 fully saturated rings. The van der Waals surface area contributed by atoms with Crippen LogP contribution in [0, 0.1) is 17.8 Å². The molecule has 0 saturated carbocycles. The highest BCUT2D eigenvalue weighted by atomic mass is 16.5. The van der Waals surface area contributed by atoms with Crippen molar-refractivity contribution in [2.75, 3.05) is 13.1 Å². The molecule has 1 N–H and O–H groups in total. The third kappa shape index (κ3) is 2.36. The fourth-order valence-corrected chi connectivity index (χ4v) is 3.03. The Morgan fingerprint density at radius 3 is 2.28 bits per heavy atom. The van der Waals surface area contributed by atoms with Crippen LogP contribution in [0.2, 0.25) is 0 Å². The van der Waals surface area contributed by atoms with E-state index in [0.29, 0.717) is 13.1 Å². The number of carboxylic acids is 1. The van der Waals surface area contributed by atoms with Crippen molar-refractivity contribution in [2.24, 2.45) is 17.8 Å². The van der Waals surface area contributed by atoms with Crippen LogP contribution in [0.4, 0.5) is 0 Å². The molecule has 2 rings (SSSR count). The Kier molecular flexibility index (Phi) is 3.61. The van der Waals surface area contributed by atoms with E-state index in [2.05, 4.69) is 0 Å². The highest BCUT2D eigenvalue weighted by Crippen LogP contribution is 2.35. The molecule has 0 aromatic heterocycles. The number of ether oxygens (including phenoxy) is 1. The van der Waals surface area contributed by atoms with Crippen molar-refractivity contribution in [1.82, 2.24) is 4.90 Å². The van der Waals surface area contributed by atoms with Gasteiger partial charge in [0.25, 0.3) is 0 Å². The van der Waals surface area contributed by atoms with Gasteiger partial charge >= 0.3 is 5.97 Å². The summed E-state index contributed by atoms with van der Waals surface area (Å²) in [5.41, 5.74) is 0. The Bertz CT molecular complexity index is 351. The molecule has 0 radical (unpaired) electrons. The lowest BCUT2D eigenvalue weighted by molar-refractivity contribution is -0.149. The first-order valence-electron chi connectivity index (χ1n) is 6.56. The molecule has 1 amide bonds. The second kappa shape index (κ2) is 4.88. The van der Waals surface area contributed by atoms with Crippen LogP contribution < -0.4 is 0 Å². The maximum atomic E-state index is 12.3. The number of carbonyl (C=O) groups is 2. The molecule has 2 saturated heterocycles. The maximum absolute atomic E-state index is 12.3. The molecular formula is C13H21NO4. The molecule has 18 heavy (non-hydrogen) atoms. The Hall–Kier alpha value is -1.10. The number of carbonyl (C=O) groups excluding carboxylic acids is 1. The maximum Gasteiger partial charge on any atom is 0.303 e. The van der Waals surface area contributed by atoms with Gasteiger partial charge in [0.1, 0.15) is 0 Å². The number of hydrogen-bond donors (Lipinski definition) is 1. The Morgan fingerprint density at radius 1 is 1.22 bits per heavy atom. The average molecular weight is 255 g/mol. The van der Waals surface area contributed by atoms with Crippen molar-refractivity contribution in [3.05, 3.63) is 0 Å². The van der Waals surface area contributed by atoms with E-state index in [0.717, 1.165) is 0 Å². The van der Waals surface area contributed by atoms with Gasteiger partial charge in [0.05, 0.1) is 24.5 Å². The summed E-state index contributed by atoms with van der Waals surface area (Å²) in [4.78, 5) is 24.7. The van der Waals surface area contributed by atoms with Gasteiger partial charge in [-0.25, -0.2) is 0 Å². The minimum absolute atomic E-state index is 0.0407. The predicted molar refractivity (Wildman–Crippen MR) is 65.0 cm³/mol. The molecule has 5 nitrogen and oxygen atoms in total. The van der Waals surface area contributed by atoms with Crippen LogP contribution in [-0.2, 0) is 14.3 Å². The lowest BCUT2D eigenvalue weighted by Gasteiger charge is -2.41. The van der Waals surface area contributed by atoms with E-state index in [1.54, 1.807) is 4.90 Å². The number of amides is 1. The molecule has 2 aliphatic rings. The lowest BCUT2D eigenvalue weighted by atomic mass is 9.86. The third-order valence-electron chi connectivity index (χ3n) is 4.26. The molecule has 0 spiro atoms. The topological polar surface area (TPSA) is 66.8 Å². The number of nitrogens with zero attached hydrogens (tertiary/aromatic N) is 1. The van der Waals surface area contributed by atoms with Crippen molar-refractivity contribution >= 4 is 11.9 Å². The van der Waals surface area contributed by atoms with Gasteiger partial charge in [-0.2, -0.15) is 0 Å². The van der Waals surface area contributed by atoms with E-state index >= 15 is 0 Å². The monoisotopic (exact) mass is 255 g/mol. The third-order valence-corrected chi connectivity index (χ3v) is 4.26. The van der Waals surface area contributed by atoms with E-state index < -0.39 is 5.97 Å². The summed E-state index contributed by atoms with van der Waals surface area (Å²) in [6, 6.07) is 0. The standard InChI is InChI=1S/C13H21NO4/c1-7-8(2)18-9(3)12(7)13(17)14-5-10(6-14)4-11(15)16/h7-10,12H,4-6H2,1-3H3,(H,15,16). The van der Waals surface area contributed by atoms with Crippen molar-refractivity contribution in [1.29, 1.82) is 0 Å². The second-order valence-electron chi connectivity index (χ2n) is 5.64.